The molecule has 1 aliphatic heterocycles. The summed E-state index contributed by atoms with van der Waals surface area (Å²) in [4.78, 5) is 11.0. The molecule has 6 heteroatoms. The minimum absolute atomic E-state index is 0.468. The fraction of sp³-hybridized carbons (Fsp3) is 0.667. The maximum absolute atomic E-state index is 5.96. The molecule has 0 bridgehead atoms. The maximum atomic E-state index is 5.96. The molecule has 18 heavy (non-hydrogen) atoms. The van der Waals surface area contributed by atoms with Gasteiger partial charge >= 0.3 is 0 Å². The van der Waals surface area contributed by atoms with Crippen LogP contribution in [-0.4, -0.2) is 42.1 Å². The van der Waals surface area contributed by atoms with Crippen LogP contribution in [0.2, 0.25) is 0 Å². The lowest BCUT2D eigenvalue weighted by Gasteiger charge is -2.27. The molecular formula is C12H20N4OS. The average Bonchev–Trinajstić information content (AvgIpc) is 2.86. The van der Waals surface area contributed by atoms with E-state index in [0.717, 1.165) is 37.0 Å². The van der Waals surface area contributed by atoms with Crippen LogP contribution < -0.4 is 5.73 Å². The standard InChI is InChI=1S/C12H20N4OS/c1-9(2)10-8-18-11(15-10)7-14-12(13)16-3-5-17-6-4-16/h8-9H,3-7H2,1-2H3,(H2,13,14). The predicted octanol–water partition coefficient (Wildman–Crippen LogP) is 1.41. The predicted molar refractivity (Wildman–Crippen MR) is 73.9 cm³/mol. The molecule has 0 radical (unpaired) electrons. The van der Waals surface area contributed by atoms with Crippen LogP contribution in [0.5, 0.6) is 0 Å². The van der Waals surface area contributed by atoms with E-state index < -0.39 is 0 Å². The fourth-order valence-corrected chi connectivity index (χ4v) is 2.58. The molecule has 1 fully saturated rings. The van der Waals surface area contributed by atoms with E-state index in [9.17, 15) is 0 Å². The highest BCUT2D eigenvalue weighted by atomic mass is 32.1. The Bertz CT molecular complexity index is 410. The molecule has 0 saturated carbocycles. The van der Waals surface area contributed by atoms with Crippen LogP contribution in [0.3, 0.4) is 0 Å². The number of nitrogens with two attached hydrogens (primary N) is 1. The molecule has 0 aromatic carbocycles. The summed E-state index contributed by atoms with van der Waals surface area (Å²) in [6, 6.07) is 0. The van der Waals surface area contributed by atoms with Gasteiger partial charge in [0.2, 0.25) is 0 Å². The van der Waals surface area contributed by atoms with Gasteiger partial charge in [0.1, 0.15) is 5.01 Å². The Balaban J connectivity index is 1.91. The van der Waals surface area contributed by atoms with Crippen LogP contribution >= 0.6 is 11.3 Å². The van der Waals surface area contributed by atoms with E-state index in [0.29, 0.717) is 18.4 Å². The summed E-state index contributed by atoms with van der Waals surface area (Å²) in [6.45, 7) is 7.96. The van der Waals surface area contributed by atoms with E-state index in [1.54, 1.807) is 11.3 Å². The Kier molecular flexibility index (Phi) is 4.54. The lowest BCUT2D eigenvalue weighted by atomic mass is 10.2. The summed E-state index contributed by atoms with van der Waals surface area (Å²) in [7, 11) is 0. The summed E-state index contributed by atoms with van der Waals surface area (Å²) in [6.07, 6.45) is 0. The number of thiazole rings is 1. The van der Waals surface area contributed by atoms with Crippen molar-refractivity contribution < 1.29 is 4.74 Å². The molecular weight excluding hydrogens is 248 g/mol. The van der Waals surface area contributed by atoms with Gasteiger partial charge in [-0.25, -0.2) is 9.98 Å². The third kappa shape index (κ3) is 3.43. The minimum atomic E-state index is 0.468. The quantitative estimate of drug-likeness (QED) is 0.665. The van der Waals surface area contributed by atoms with Crippen molar-refractivity contribution in [1.82, 2.24) is 9.88 Å². The molecule has 2 N–H and O–H groups in total. The van der Waals surface area contributed by atoms with Gasteiger partial charge in [0.25, 0.3) is 0 Å². The fourth-order valence-electron chi connectivity index (χ4n) is 1.70. The summed E-state index contributed by atoms with van der Waals surface area (Å²) >= 11 is 1.65. The van der Waals surface area contributed by atoms with Gasteiger partial charge in [-0.1, -0.05) is 13.8 Å². The molecule has 5 nitrogen and oxygen atoms in total. The van der Waals surface area contributed by atoms with E-state index >= 15 is 0 Å². The molecule has 1 aliphatic rings. The van der Waals surface area contributed by atoms with E-state index in [1.807, 2.05) is 0 Å². The summed E-state index contributed by atoms with van der Waals surface area (Å²) < 4.78 is 5.28. The third-order valence-electron chi connectivity index (χ3n) is 2.87. The van der Waals surface area contributed by atoms with Gasteiger partial charge in [-0.05, 0) is 5.92 Å². The first kappa shape index (κ1) is 13.3. The molecule has 0 amide bonds. The normalized spacial score (nSPS) is 17.5. The average molecular weight is 268 g/mol. The van der Waals surface area contributed by atoms with Crippen molar-refractivity contribution in [3.63, 3.8) is 0 Å². The monoisotopic (exact) mass is 268 g/mol. The maximum Gasteiger partial charge on any atom is 0.191 e. The van der Waals surface area contributed by atoms with Crippen LogP contribution in [0.4, 0.5) is 0 Å². The number of hydrogen-bond donors (Lipinski definition) is 1. The van der Waals surface area contributed by atoms with E-state index in [-0.39, 0.29) is 0 Å². The number of rotatable bonds is 3. The van der Waals surface area contributed by atoms with E-state index in [4.69, 9.17) is 10.5 Å². The number of hydrogen-bond acceptors (Lipinski definition) is 4. The number of nitrogens with zero attached hydrogens (tertiary/aromatic N) is 3. The largest absolute Gasteiger partial charge is 0.378 e. The molecule has 2 heterocycles. The van der Waals surface area contributed by atoms with Crippen molar-refractivity contribution in [2.24, 2.45) is 10.7 Å². The highest BCUT2D eigenvalue weighted by molar-refractivity contribution is 7.09. The smallest absolute Gasteiger partial charge is 0.191 e. The second-order valence-corrected chi connectivity index (χ2v) is 5.54. The molecule has 100 valence electrons. The molecule has 0 unspecified atom stereocenters. The first-order valence-corrected chi connectivity index (χ1v) is 7.11. The van der Waals surface area contributed by atoms with Gasteiger partial charge in [-0.2, -0.15) is 0 Å². The van der Waals surface area contributed by atoms with Crippen LogP contribution in [0.25, 0.3) is 0 Å². The zero-order valence-corrected chi connectivity index (χ0v) is 11.7. The Morgan fingerprint density at radius 2 is 2.28 bits per heavy atom. The molecule has 0 atom stereocenters. The van der Waals surface area contributed by atoms with Gasteiger partial charge in [0, 0.05) is 18.5 Å². The van der Waals surface area contributed by atoms with Crippen LogP contribution in [0.15, 0.2) is 10.4 Å². The Morgan fingerprint density at radius 1 is 1.56 bits per heavy atom. The summed E-state index contributed by atoms with van der Waals surface area (Å²) in [5.41, 5.74) is 7.09. The lowest BCUT2D eigenvalue weighted by molar-refractivity contribution is 0.0674. The molecule has 1 saturated heterocycles. The molecule has 1 aromatic rings. The molecule has 0 spiro atoms. The van der Waals surface area contributed by atoms with Gasteiger partial charge in [-0.3, -0.25) is 0 Å². The molecule has 1 aromatic heterocycles. The van der Waals surface area contributed by atoms with Gasteiger partial charge in [-0.15, -0.1) is 11.3 Å². The Hall–Kier alpha value is -1.14. The highest BCUT2D eigenvalue weighted by Gasteiger charge is 2.12. The number of ether oxygens (including phenoxy) is 1. The van der Waals surface area contributed by atoms with Crippen molar-refractivity contribution in [3.05, 3.63) is 16.1 Å². The Morgan fingerprint density at radius 3 is 2.89 bits per heavy atom. The lowest BCUT2D eigenvalue weighted by Crippen LogP contribution is -2.44. The summed E-state index contributed by atoms with van der Waals surface area (Å²) in [5, 5.41) is 3.12. The summed E-state index contributed by atoms with van der Waals surface area (Å²) in [5.74, 6) is 1.06. The SMILES string of the molecule is CC(C)c1csc(CN=C(N)N2CCOCC2)n1. The number of aromatic nitrogens is 1. The highest BCUT2D eigenvalue weighted by Crippen LogP contribution is 2.18. The zero-order chi connectivity index (χ0) is 13.0. The van der Waals surface area contributed by atoms with Gasteiger partial charge in [0.15, 0.2) is 5.96 Å². The topological polar surface area (TPSA) is 63.7 Å². The Labute approximate surface area is 112 Å². The van der Waals surface area contributed by atoms with Crippen molar-refractivity contribution in [2.75, 3.05) is 26.3 Å². The van der Waals surface area contributed by atoms with Gasteiger partial charge < -0.3 is 15.4 Å². The zero-order valence-electron chi connectivity index (χ0n) is 10.9. The number of guanidine groups is 1. The minimum Gasteiger partial charge on any atom is -0.378 e. The second kappa shape index (κ2) is 6.15. The van der Waals surface area contributed by atoms with Gasteiger partial charge in [0.05, 0.1) is 25.5 Å². The van der Waals surface area contributed by atoms with Crippen LogP contribution in [0, 0.1) is 0 Å². The third-order valence-corrected chi connectivity index (χ3v) is 3.72. The van der Waals surface area contributed by atoms with E-state index in [1.165, 1.54) is 0 Å². The number of aliphatic imine (C=N–C) groups is 1. The number of morpholine rings is 1. The van der Waals surface area contributed by atoms with Crippen molar-refractivity contribution in [2.45, 2.75) is 26.3 Å². The van der Waals surface area contributed by atoms with Crippen LogP contribution in [-0.2, 0) is 11.3 Å². The molecule has 0 aliphatic carbocycles. The van der Waals surface area contributed by atoms with Crippen molar-refractivity contribution in [1.29, 1.82) is 0 Å². The first-order chi connectivity index (χ1) is 8.66. The second-order valence-electron chi connectivity index (χ2n) is 4.59. The van der Waals surface area contributed by atoms with Crippen molar-refractivity contribution in [3.8, 4) is 0 Å². The van der Waals surface area contributed by atoms with Crippen LogP contribution in [0.1, 0.15) is 30.5 Å². The van der Waals surface area contributed by atoms with Crippen molar-refractivity contribution >= 4 is 17.3 Å². The first-order valence-electron chi connectivity index (χ1n) is 6.23. The van der Waals surface area contributed by atoms with E-state index in [2.05, 4.69) is 34.1 Å². The molecule has 2 rings (SSSR count).